The SMILES string of the molecule is CC(NC(=O)OC(C)(C)C)C(=O)NCc1ccc(-n2nc(C(F)(F)F)cc2C(=O)NCc2ccccc2)s1. The van der Waals surface area contributed by atoms with Gasteiger partial charge in [-0.05, 0) is 45.4 Å². The summed E-state index contributed by atoms with van der Waals surface area (Å²) in [5.41, 5.74) is -1.41. The molecule has 0 spiro atoms. The second-order valence-electron chi connectivity index (χ2n) is 9.32. The Morgan fingerprint density at radius 1 is 1.03 bits per heavy atom. The maximum absolute atomic E-state index is 13.4. The van der Waals surface area contributed by atoms with Crippen molar-refractivity contribution in [2.24, 2.45) is 0 Å². The number of hydrogen-bond donors (Lipinski definition) is 3. The minimum absolute atomic E-state index is 0.0484. The first kappa shape index (κ1) is 28.7. The molecule has 0 aliphatic rings. The number of ether oxygens (including phenoxy) is 1. The number of amides is 3. The second kappa shape index (κ2) is 11.7. The van der Waals surface area contributed by atoms with Crippen LogP contribution in [-0.2, 0) is 28.8 Å². The van der Waals surface area contributed by atoms with E-state index in [2.05, 4.69) is 21.0 Å². The quantitative estimate of drug-likeness (QED) is 0.384. The minimum atomic E-state index is -4.74. The first-order chi connectivity index (χ1) is 17.7. The number of nitrogens with zero attached hydrogens (tertiary/aromatic N) is 2. The van der Waals surface area contributed by atoms with Crippen LogP contribution >= 0.6 is 11.3 Å². The molecule has 0 bridgehead atoms. The highest BCUT2D eigenvalue weighted by Crippen LogP contribution is 2.31. The van der Waals surface area contributed by atoms with Crippen molar-refractivity contribution in [1.82, 2.24) is 25.7 Å². The predicted molar refractivity (Wildman–Crippen MR) is 135 cm³/mol. The maximum Gasteiger partial charge on any atom is 0.435 e. The van der Waals surface area contributed by atoms with Gasteiger partial charge >= 0.3 is 12.3 Å². The van der Waals surface area contributed by atoms with E-state index in [1.54, 1.807) is 51.1 Å². The predicted octanol–water partition coefficient (Wildman–Crippen LogP) is 4.41. The number of hydrogen-bond acceptors (Lipinski definition) is 6. The lowest BCUT2D eigenvalue weighted by Gasteiger charge is -2.21. The lowest BCUT2D eigenvalue weighted by atomic mass is 10.2. The molecule has 9 nitrogen and oxygen atoms in total. The Labute approximate surface area is 221 Å². The Morgan fingerprint density at radius 2 is 1.71 bits per heavy atom. The first-order valence-corrected chi connectivity index (χ1v) is 12.4. The van der Waals surface area contributed by atoms with Gasteiger partial charge in [0.1, 0.15) is 22.3 Å². The molecule has 1 aromatic carbocycles. The molecule has 3 N–H and O–H groups in total. The van der Waals surface area contributed by atoms with Crippen molar-refractivity contribution in [2.75, 3.05) is 0 Å². The standard InChI is InChI=1S/C25H28F3N5O4S/c1-15(31-23(36)37-24(2,3)4)21(34)30-14-17-10-11-20(38-17)33-18(12-19(32-33)25(26,27)28)22(35)29-13-16-8-6-5-7-9-16/h5-12,15H,13-14H2,1-4H3,(H,29,35)(H,30,34)(H,31,36). The molecule has 0 saturated carbocycles. The number of carbonyl (C=O) groups excluding carboxylic acids is 3. The summed E-state index contributed by atoms with van der Waals surface area (Å²) in [5, 5.41) is 11.6. The van der Waals surface area contributed by atoms with Gasteiger partial charge in [-0.2, -0.15) is 18.3 Å². The van der Waals surface area contributed by atoms with Crippen LogP contribution in [0.15, 0.2) is 48.5 Å². The van der Waals surface area contributed by atoms with E-state index < -0.39 is 41.4 Å². The highest BCUT2D eigenvalue weighted by molar-refractivity contribution is 7.14. The smallest absolute Gasteiger partial charge is 0.435 e. The number of benzene rings is 1. The van der Waals surface area contributed by atoms with Crippen molar-refractivity contribution in [1.29, 1.82) is 0 Å². The molecular formula is C25H28F3N5O4S. The number of halogens is 3. The average Bonchev–Trinajstić information content (AvgIpc) is 3.47. The Balaban J connectivity index is 1.69. The largest absolute Gasteiger partial charge is 0.444 e. The van der Waals surface area contributed by atoms with Gasteiger partial charge in [0.2, 0.25) is 5.91 Å². The number of carbonyl (C=O) groups is 3. The zero-order chi connectivity index (χ0) is 28.1. The molecule has 2 heterocycles. The normalized spacial score (nSPS) is 12.5. The van der Waals surface area contributed by atoms with Gasteiger partial charge in [0.25, 0.3) is 5.91 Å². The van der Waals surface area contributed by atoms with E-state index in [0.29, 0.717) is 10.9 Å². The summed E-state index contributed by atoms with van der Waals surface area (Å²) in [6.07, 6.45) is -5.49. The van der Waals surface area contributed by atoms with Crippen LogP contribution in [0, 0.1) is 0 Å². The Morgan fingerprint density at radius 3 is 2.34 bits per heavy atom. The van der Waals surface area contributed by atoms with Crippen LogP contribution in [0.25, 0.3) is 5.00 Å². The number of aromatic nitrogens is 2. The number of thiophene rings is 1. The van der Waals surface area contributed by atoms with Crippen LogP contribution in [0.3, 0.4) is 0 Å². The van der Waals surface area contributed by atoms with Crippen molar-refractivity contribution in [3.8, 4) is 5.00 Å². The molecule has 0 aliphatic heterocycles. The summed E-state index contributed by atoms with van der Waals surface area (Å²) in [6.45, 7) is 6.75. The van der Waals surface area contributed by atoms with E-state index in [-0.39, 0.29) is 23.8 Å². The van der Waals surface area contributed by atoms with Crippen molar-refractivity contribution >= 4 is 29.2 Å². The second-order valence-corrected chi connectivity index (χ2v) is 10.5. The van der Waals surface area contributed by atoms with E-state index in [1.165, 1.54) is 13.0 Å². The van der Waals surface area contributed by atoms with Crippen LogP contribution < -0.4 is 16.0 Å². The van der Waals surface area contributed by atoms with E-state index >= 15 is 0 Å². The van der Waals surface area contributed by atoms with Crippen LogP contribution in [0.5, 0.6) is 0 Å². The zero-order valence-corrected chi connectivity index (χ0v) is 22.0. The molecule has 3 rings (SSSR count). The molecular weight excluding hydrogens is 523 g/mol. The van der Waals surface area contributed by atoms with Gasteiger partial charge in [-0.25, -0.2) is 9.48 Å². The summed E-state index contributed by atoms with van der Waals surface area (Å²) in [4.78, 5) is 37.6. The highest BCUT2D eigenvalue weighted by atomic mass is 32.1. The van der Waals surface area contributed by atoms with Gasteiger partial charge in [-0.15, -0.1) is 11.3 Å². The molecule has 1 unspecified atom stereocenters. The van der Waals surface area contributed by atoms with Gasteiger partial charge in [0, 0.05) is 17.5 Å². The van der Waals surface area contributed by atoms with Gasteiger partial charge in [-0.1, -0.05) is 30.3 Å². The van der Waals surface area contributed by atoms with Crippen molar-refractivity contribution < 1.29 is 32.3 Å². The van der Waals surface area contributed by atoms with Crippen molar-refractivity contribution in [3.05, 3.63) is 70.4 Å². The fraction of sp³-hybridized carbons (Fsp3) is 0.360. The van der Waals surface area contributed by atoms with Crippen LogP contribution in [-0.4, -0.2) is 39.3 Å². The van der Waals surface area contributed by atoms with Crippen molar-refractivity contribution in [2.45, 2.75) is 58.6 Å². The maximum atomic E-state index is 13.4. The molecule has 3 aromatic rings. The number of rotatable bonds is 8. The molecule has 38 heavy (non-hydrogen) atoms. The van der Waals surface area contributed by atoms with E-state index in [4.69, 9.17) is 4.74 Å². The van der Waals surface area contributed by atoms with E-state index in [1.807, 2.05) is 6.07 Å². The van der Waals surface area contributed by atoms with Crippen molar-refractivity contribution in [3.63, 3.8) is 0 Å². The van der Waals surface area contributed by atoms with E-state index in [0.717, 1.165) is 21.6 Å². The van der Waals surface area contributed by atoms with Gasteiger partial charge in [0.15, 0.2) is 5.69 Å². The molecule has 0 saturated heterocycles. The van der Waals surface area contributed by atoms with Crippen LogP contribution in [0.1, 0.15) is 54.3 Å². The fourth-order valence-corrected chi connectivity index (χ4v) is 4.08. The lowest BCUT2D eigenvalue weighted by Crippen LogP contribution is -2.46. The lowest BCUT2D eigenvalue weighted by molar-refractivity contribution is -0.141. The third-order valence-electron chi connectivity index (χ3n) is 4.95. The summed E-state index contributed by atoms with van der Waals surface area (Å²) in [5.74, 6) is -1.20. The third kappa shape index (κ3) is 8.07. The third-order valence-corrected chi connectivity index (χ3v) is 6.01. The van der Waals surface area contributed by atoms with Gasteiger partial charge in [-0.3, -0.25) is 9.59 Å². The summed E-state index contributed by atoms with van der Waals surface area (Å²) in [6, 6.07) is 11.9. The minimum Gasteiger partial charge on any atom is -0.444 e. The van der Waals surface area contributed by atoms with Crippen LogP contribution in [0.2, 0.25) is 0 Å². The summed E-state index contributed by atoms with van der Waals surface area (Å²) in [7, 11) is 0. The molecule has 2 aromatic heterocycles. The number of nitrogens with one attached hydrogen (secondary N) is 3. The summed E-state index contributed by atoms with van der Waals surface area (Å²) >= 11 is 1.06. The molecule has 0 aliphatic carbocycles. The topological polar surface area (TPSA) is 114 Å². The Kier molecular flexibility index (Phi) is 8.82. The molecule has 13 heteroatoms. The van der Waals surface area contributed by atoms with Gasteiger partial charge < -0.3 is 20.7 Å². The fourth-order valence-electron chi connectivity index (χ4n) is 3.17. The number of alkyl halides is 3. The van der Waals surface area contributed by atoms with Crippen LogP contribution in [0.4, 0.5) is 18.0 Å². The first-order valence-electron chi connectivity index (χ1n) is 11.6. The Bertz CT molecular complexity index is 1280. The van der Waals surface area contributed by atoms with Gasteiger partial charge in [0.05, 0.1) is 6.54 Å². The van der Waals surface area contributed by atoms with E-state index in [9.17, 15) is 27.6 Å². The molecule has 204 valence electrons. The zero-order valence-electron chi connectivity index (χ0n) is 21.2. The number of alkyl carbamates (subject to hydrolysis) is 1. The summed E-state index contributed by atoms with van der Waals surface area (Å²) < 4.78 is 46.2. The average molecular weight is 552 g/mol. The molecule has 1 atom stereocenters. The molecule has 0 fully saturated rings. The molecule has 3 amide bonds. The highest BCUT2D eigenvalue weighted by Gasteiger charge is 2.36. The Hall–Kier alpha value is -3.87. The molecule has 0 radical (unpaired) electrons. The monoisotopic (exact) mass is 551 g/mol.